The summed E-state index contributed by atoms with van der Waals surface area (Å²) in [7, 11) is 0. The predicted octanol–water partition coefficient (Wildman–Crippen LogP) is 2.25. The Morgan fingerprint density at radius 3 is 2.55 bits per heavy atom. The minimum absolute atomic E-state index is 0.107. The number of benzene rings is 1. The number of urea groups is 1. The van der Waals surface area contributed by atoms with E-state index in [-0.39, 0.29) is 19.7 Å². The molecule has 1 aromatic carbocycles. The summed E-state index contributed by atoms with van der Waals surface area (Å²) < 4.78 is 4.83. The van der Waals surface area contributed by atoms with Crippen molar-refractivity contribution in [2.24, 2.45) is 5.73 Å². The number of aryl methyl sites for hydroxylation is 2. The van der Waals surface area contributed by atoms with Gasteiger partial charge in [0.05, 0.1) is 6.61 Å². The van der Waals surface area contributed by atoms with Gasteiger partial charge in [-0.05, 0) is 44.0 Å². The summed E-state index contributed by atoms with van der Waals surface area (Å²) in [6.45, 7) is 6.11. The van der Waals surface area contributed by atoms with Crippen LogP contribution in [-0.2, 0) is 4.74 Å². The molecule has 3 N–H and O–H groups in total. The van der Waals surface area contributed by atoms with E-state index in [1.807, 2.05) is 26.0 Å². The fourth-order valence-electron chi connectivity index (χ4n) is 1.62. The van der Waals surface area contributed by atoms with E-state index in [2.05, 4.69) is 5.32 Å². The summed E-state index contributed by atoms with van der Waals surface area (Å²) in [6, 6.07) is 4.99. The number of hydrogen-bond donors (Lipinski definition) is 2. The van der Waals surface area contributed by atoms with Crippen molar-refractivity contribution < 1.29 is 14.3 Å². The van der Waals surface area contributed by atoms with Gasteiger partial charge in [0.25, 0.3) is 0 Å². The number of nitrogens with two attached hydrogens (primary N) is 1. The van der Waals surface area contributed by atoms with Crippen molar-refractivity contribution in [1.82, 2.24) is 4.90 Å². The molecule has 0 saturated heterocycles. The molecule has 0 spiro atoms. The molecule has 0 fully saturated rings. The van der Waals surface area contributed by atoms with Gasteiger partial charge in [-0.15, -0.1) is 0 Å². The Kier molecular flexibility index (Phi) is 5.99. The molecule has 1 aromatic rings. The summed E-state index contributed by atoms with van der Waals surface area (Å²) in [6.07, 6.45) is -0.695. The maximum Gasteiger partial charge on any atom is 0.418 e. The van der Waals surface area contributed by atoms with E-state index in [9.17, 15) is 9.59 Å². The number of carbonyl (C=O) groups excluding carboxylic acids is 2. The van der Waals surface area contributed by atoms with E-state index in [1.54, 1.807) is 13.0 Å². The second-order valence-electron chi connectivity index (χ2n) is 4.37. The van der Waals surface area contributed by atoms with Crippen LogP contribution in [0.4, 0.5) is 15.3 Å². The standard InChI is InChI=1S/C14H21N3O3/c1-4-20-14(19)17(8-7-15)13(18)16-12-6-5-10(2)11(3)9-12/h5-6,9H,4,7-8,15H2,1-3H3,(H,16,18). The van der Waals surface area contributed by atoms with Crippen LogP contribution >= 0.6 is 0 Å². The molecule has 6 heteroatoms. The molecule has 0 heterocycles. The molecule has 0 saturated carbocycles. The highest BCUT2D eigenvalue weighted by Gasteiger charge is 2.21. The predicted molar refractivity (Wildman–Crippen MR) is 77.7 cm³/mol. The Bertz CT molecular complexity index is 489. The highest BCUT2D eigenvalue weighted by Crippen LogP contribution is 2.14. The Morgan fingerprint density at radius 2 is 2.00 bits per heavy atom. The first kappa shape index (κ1) is 16.0. The lowest BCUT2D eigenvalue weighted by Crippen LogP contribution is -2.43. The van der Waals surface area contributed by atoms with Crippen molar-refractivity contribution in [2.45, 2.75) is 20.8 Å². The van der Waals surface area contributed by atoms with E-state index in [0.29, 0.717) is 5.69 Å². The molecule has 110 valence electrons. The number of nitrogens with zero attached hydrogens (tertiary/aromatic N) is 1. The van der Waals surface area contributed by atoms with E-state index < -0.39 is 12.1 Å². The van der Waals surface area contributed by atoms with Gasteiger partial charge in [0.15, 0.2) is 0 Å². The topological polar surface area (TPSA) is 84.7 Å². The van der Waals surface area contributed by atoms with Crippen LogP contribution in [-0.4, -0.2) is 36.7 Å². The summed E-state index contributed by atoms with van der Waals surface area (Å²) in [4.78, 5) is 24.7. The van der Waals surface area contributed by atoms with Gasteiger partial charge in [-0.2, -0.15) is 0 Å². The molecule has 0 bridgehead atoms. The van der Waals surface area contributed by atoms with Crippen molar-refractivity contribution in [3.63, 3.8) is 0 Å². The SMILES string of the molecule is CCOC(=O)N(CCN)C(=O)Nc1ccc(C)c(C)c1. The summed E-state index contributed by atoms with van der Waals surface area (Å²) >= 11 is 0. The van der Waals surface area contributed by atoms with Crippen molar-refractivity contribution in [1.29, 1.82) is 0 Å². The zero-order chi connectivity index (χ0) is 15.1. The van der Waals surface area contributed by atoms with Gasteiger partial charge in [-0.3, -0.25) is 0 Å². The zero-order valence-corrected chi connectivity index (χ0v) is 12.1. The molecule has 0 aromatic heterocycles. The number of rotatable bonds is 4. The van der Waals surface area contributed by atoms with Crippen LogP contribution < -0.4 is 11.1 Å². The summed E-state index contributed by atoms with van der Waals surface area (Å²) in [5, 5.41) is 2.66. The molecule has 0 aliphatic heterocycles. The maximum absolute atomic E-state index is 12.1. The Morgan fingerprint density at radius 1 is 1.30 bits per heavy atom. The lowest BCUT2D eigenvalue weighted by Gasteiger charge is -2.20. The number of nitrogens with one attached hydrogen (secondary N) is 1. The quantitative estimate of drug-likeness (QED) is 0.885. The fourth-order valence-corrected chi connectivity index (χ4v) is 1.62. The number of imide groups is 1. The van der Waals surface area contributed by atoms with Crippen LogP contribution in [0.5, 0.6) is 0 Å². The van der Waals surface area contributed by atoms with Gasteiger partial charge in [-0.1, -0.05) is 6.07 Å². The van der Waals surface area contributed by atoms with Crippen LogP contribution in [0.3, 0.4) is 0 Å². The van der Waals surface area contributed by atoms with Crippen LogP contribution in [0.2, 0.25) is 0 Å². The van der Waals surface area contributed by atoms with Crippen molar-refractivity contribution in [3.05, 3.63) is 29.3 Å². The molecule has 1 rings (SSSR count). The molecule has 0 aliphatic rings. The number of hydrogen-bond acceptors (Lipinski definition) is 4. The number of carbonyl (C=O) groups is 2. The van der Waals surface area contributed by atoms with Gasteiger partial charge in [0.2, 0.25) is 0 Å². The molecule has 3 amide bonds. The summed E-state index contributed by atoms with van der Waals surface area (Å²) in [5.41, 5.74) is 8.23. The van der Waals surface area contributed by atoms with Crippen LogP contribution in [0.1, 0.15) is 18.1 Å². The molecule has 6 nitrogen and oxygen atoms in total. The van der Waals surface area contributed by atoms with Crippen LogP contribution in [0, 0.1) is 13.8 Å². The minimum Gasteiger partial charge on any atom is -0.449 e. The van der Waals surface area contributed by atoms with Crippen molar-refractivity contribution in [2.75, 3.05) is 25.0 Å². The molecule has 20 heavy (non-hydrogen) atoms. The highest BCUT2D eigenvalue weighted by atomic mass is 16.6. The fraction of sp³-hybridized carbons (Fsp3) is 0.429. The molecule has 0 radical (unpaired) electrons. The highest BCUT2D eigenvalue weighted by molar-refractivity contribution is 5.99. The Labute approximate surface area is 118 Å². The largest absolute Gasteiger partial charge is 0.449 e. The van der Waals surface area contributed by atoms with Gasteiger partial charge >= 0.3 is 12.1 Å². The number of ether oxygens (including phenoxy) is 1. The van der Waals surface area contributed by atoms with Crippen molar-refractivity contribution >= 4 is 17.8 Å². The lowest BCUT2D eigenvalue weighted by atomic mass is 10.1. The van der Waals surface area contributed by atoms with E-state index >= 15 is 0 Å². The second-order valence-corrected chi connectivity index (χ2v) is 4.37. The summed E-state index contributed by atoms with van der Waals surface area (Å²) in [5.74, 6) is 0. The number of anilines is 1. The third kappa shape index (κ3) is 4.24. The molecular formula is C14H21N3O3. The third-order valence-electron chi connectivity index (χ3n) is 2.84. The van der Waals surface area contributed by atoms with E-state index in [4.69, 9.17) is 10.5 Å². The Balaban J connectivity index is 2.79. The van der Waals surface area contributed by atoms with Gasteiger partial charge in [0, 0.05) is 18.8 Å². The van der Waals surface area contributed by atoms with Gasteiger partial charge < -0.3 is 15.8 Å². The first-order valence-corrected chi connectivity index (χ1v) is 6.52. The monoisotopic (exact) mass is 279 g/mol. The lowest BCUT2D eigenvalue weighted by molar-refractivity contribution is 0.118. The molecule has 0 unspecified atom stereocenters. The third-order valence-corrected chi connectivity index (χ3v) is 2.84. The van der Waals surface area contributed by atoms with Crippen LogP contribution in [0.15, 0.2) is 18.2 Å². The average Bonchev–Trinajstić information content (AvgIpc) is 2.40. The normalized spacial score (nSPS) is 10.0. The first-order valence-electron chi connectivity index (χ1n) is 6.52. The minimum atomic E-state index is -0.695. The average molecular weight is 279 g/mol. The smallest absolute Gasteiger partial charge is 0.418 e. The van der Waals surface area contributed by atoms with Crippen molar-refractivity contribution in [3.8, 4) is 0 Å². The molecular weight excluding hydrogens is 258 g/mol. The second kappa shape index (κ2) is 7.49. The Hall–Kier alpha value is -2.08. The zero-order valence-electron chi connectivity index (χ0n) is 12.1. The molecule has 0 atom stereocenters. The van der Waals surface area contributed by atoms with Gasteiger partial charge in [0.1, 0.15) is 0 Å². The van der Waals surface area contributed by atoms with Gasteiger partial charge in [-0.25, -0.2) is 14.5 Å². The molecule has 0 aliphatic carbocycles. The van der Waals surface area contributed by atoms with E-state index in [1.165, 1.54) is 0 Å². The number of amides is 3. The van der Waals surface area contributed by atoms with E-state index in [0.717, 1.165) is 16.0 Å². The van der Waals surface area contributed by atoms with Crippen LogP contribution in [0.25, 0.3) is 0 Å². The first-order chi connectivity index (χ1) is 9.49. The maximum atomic E-state index is 12.1.